The number of carbonyl (C=O) groups is 1. The second-order valence-electron chi connectivity index (χ2n) is 6.86. The Bertz CT molecular complexity index is 816. The topological polar surface area (TPSA) is 49.6 Å². The maximum atomic E-state index is 12.7. The van der Waals surface area contributed by atoms with Crippen molar-refractivity contribution in [3.8, 4) is 0 Å². The minimum Gasteiger partial charge on any atom is -0.459 e. The molecule has 5 nitrogen and oxygen atoms in total. The predicted octanol–water partition coefficient (Wildman–Crippen LogP) is 3.35. The molecule has 26 heavy (non-hydrogen) atoms. The van der Waals surface area contributed by atoms with Gasteiger partial charge in [0, 0.05) is 37.3 Å². The van der Waals surface area contributed by atoms with Gasteiger partial charge in [-0.15, -0.1) is 0 Å². The van der Waals surface area contributed by atoms with Crippen molar-refractivity contribution >= 4 is 11.7 Å². The highest BCUT2D eigenvalue weighted by Crippen LogP contribution is 2.37. The minimum atomic E-state index is -4.39. The number of hydrogen-bond acceptors (Lipinski definition) is 4. The summed E-state index contributed by atoms with van der Waals surface area (Å²) in [6.07, 6.45) is -1.16. The molecule has 2 aromatic heterocycles. The van der Waals surface area contributed by atoms with E-state index in [0.717, 1.165) is 30.8 Å². The SMILES string of the molecule is Cc1ccoc1C(=O)N1CCC2CN(c3ccc(C(F)(F)F)cn3)C2C1. The number of furan rings is 1. The van der Waals surface area contributed by atoms with Crippen LogP contribution >= 0.6 is 0 Å². The zero-order valence-corrected chi connectivity index (χ0v) is 14.2. The number of amides is 1. The third-order valence-corrected chi connectivity index (χ3v) is 5.27. The third-order valence-electron chi connectivity index (χ3n) is 5.27. The van der Waals surface area contributed by atoms with Crippen LogP contribution in [0.25, 0.3) is 0 Å². The molecular formula is C18H18F3N3O2. The molecule has 2 aliphatic heterocycles. The molecule has 0 saturated carbocycles. The number of hydrogen-bond donors (Lipinski definition) is 0. The molecule has 0 aliphatic carbocycles. The van der Waals surface area contributed by atoms with Gasteiger partial charge < -0.3 is 14.2 Å². The smallest absolute Gasteiger partial charge is 0.417 e. The second kappa shape index (κ2) is 6.03. The molecule has 1 amide bonds. The zero-order chi connectivity index (χ0) is 18.5. The van der Waals surface area contributed by atoms with E-state index in [1.54, 1.807) is 11.0 Å². The van der Waals surface area contributed by atoms with E-state index in [4.69, 9.17) is 4.42 Å². The fourth-order valence-electron chi connectivity index (χ4n) is 3.70. The molecule has 4 rings (SSSR count). The van der Waals surface area contributed by atoms with E-state index >= 15 is 0 Å². The van der Waals surface area contributed by atoms with Crippen molar-refractivity contribution in [2.75, 3.05) is 24.5 Å². The van der Waals surface area contributed by atoms with E-state index < -0.39 is 11.7 Å². The van der Waals surface area contributed by atoms with Gasteiger partial charge in [-0.2, -0.15) is 13.2 Å². The third kappa shape index (κ3) is 2.83. The van der Waals surface area contributed by atoms with Gasteiger partial charge >= 0.3 is 6.18 Å². The van der Waals surface area contributed by atoms with Crippen molar-refractivity contribution in [3.05, 3.63) is 47.5 Å². The lowest BCUT2D eigenvalue weighted by atomic mass is 9.82. The predicted molar refractivity (Wildman–Crippen MR) is 87.8 cm³/mol. The Morgan fingerprint density at radius 2 is 2.08 bits per heavy atom. The Balaban J connectivity index is 1.47. The molecule has 138 valence electrons. The van der Waals surface area contributed by atoms with Crippen LogP contribution < -0.4 is 4.90 Å². The minimum absolute atomic E-state index is 0.0761. The van der Waals surface area contributed by atoms with E-state index in [0.29, 0.717) is 30.6 Å². The number of aryl methyl sites for hydroxylation is 1. The molecule has 2 saturated heterocycles. The zero-order valence-electron chi connectivity index (χ0n) is 14.2. The number of carbonyl (C=O) groups excluding carboxylic acids is 1. The van der Waals surface area contributed by atoms with Gasteiger partial charge in [0.2, 0.25) is 0 Å². The van der Waals surface area contributed by atoms with Crippen molar-refractivity contribution in [1.82, 2.24) is 9.88 Å². The number of fused-ring (bicyclic) bond motifs is 1. The first-order valence-corrected chi connectivity index (χ1v) is 8.48. The van der Waals surface area contributed by atoms with Crippen molar-refractivity contribution in [2.24, 2.45) is 5.92 Å². The number of piperidine rings is 1. The molecule has 2 aromatic rings. The van der Waals surface area contributed by atoms with Gasteiger partial charge in [0.15, 0.2) is 5.76 Å². The highest BCUT2D eigenvalue weighted by Gasteiger charge is 2.44. The Labute approximate surface area is 148 Å². The Kier molecular flexibility index (Phi) is 3.93. The number of aromatic nitrogens is 1. The van der Waals surface area contributed by atoms with Gasteiger partial charge in [0.05, 0.1) is 17.9 Å². The number of halogens is 3. The van der Waals surface area contributed by atoms with Gasteiger partial charge in [0.25, 0.3) is 5.91 Å². The quantitative estimate of drug-likeness (QED) is 0.819. The van der Waals surface area contributed by atoms with Crippen LogP contribution in [0.3, 0.4) is 0 Å². The summed E-state index contributed by atoms with van der Waals surface area (Å²) in [6.45, 7) is 3.76. The monoisotopic (exact) mass is 365 g/mol. The van der Waals surface area contributed by atoms with Crippen LogP contribution in [0.4, 0.5) is 19.0 Å². The largest absolute Gasteiger partial charge is 0.459 e. The Morgan fingerprint density at radius 1 is 1.27 bits per heavy atom. The fourth-order valence-corrected chi connectivity index (χ4v) is 3.70. The molecule has 2 atom stereocenters. The van der Waals surface area contributed by atoms with Crippen molar-refractivity contribution < 1.29 is 22.4 Å². The average Bonchev–Trinajstić information content (AvgIpc) is 3.01. The van der Waals surface area contributed by atoms with Gasteiger partial charge in [-0.3, -0.25) is 4.79 Å². The van der Waals surface area contributed by atoms with Crippen LogP contribution in [0.15, 0.2) is 35.1 Å². The molecule has 8 heteroatoms. The standard InChI is InChI=1S/C18H18F3N3O2/c1-11-5-7-26-16(11)17(25)23-6-4-12-9-24(14(12)10-23)15-3-2-13(8-22-15)18(19,20)21/h2-3,5,7-8,12,14H,4,6,9-10H2,1H3. The van der Waals surface area contributed by atoms with Gasteiger partial charge in [-0.25, -0.2) is 4.98 Å². The number of anilines is 1. The summed E-state index contributed by atoms with van der Waals surface area (Å²) in [6, 6.07) is 4.28. The average molecular weight is 365 g/mol. The maximum absolute atomic E-state index is 12.7. The lowest BCUT2D eigenvalue weighted by molar-refractivity contribution is -0.137. The summed E-state index contributed by atoms with van der Waals surface area (Å²) < 4.78 is 43.3. The van der Waals surface area contributed by atoms with Crippen molar-refractivity contribution in [2.45, 2.75) is 25.6 Å². The molecule has 2 fully saturated rings. The summed E-state index contributed by atoms with van der Waals surface area (Å²) in [7, 11) is 0. The molecule has 0 aromatic carbocycles. The van der Waals surface area contributed by atoms with Gasteiger partial charge in [-0.05, 0) is 31.5 Å². The lowest BCUT2D eigenvalue weighted by Crippen LogP contribution is -2.65. The molecule has 0 spiro atoms. The molecular weight excluding hydrogens is 347 g/mol. The molecule has 4 heterocycles. The molecule has 0 bridgehead atoms. The molecule has 0 radical (unpaired) electrons. The number of rotatable bonds is 2. The molecule has 2 aliphatic rings. The van der Waals surface area contributed by atoms with Crippen LogP contribution in [0, 0.1) is 12.8 Å². The van der Waals surface area contributed by atoms with Crippen LogP contribution in [-0.2, 0) is 6.18 Å². The van der Waals surface area contributed by atoms with Crippen LogP contribution in [-0.4, -0.2) is 41.5 Å². The number of likely N-dealkylation sites (tertiary alicyclic amines) is 1. The van der Waals surface area contributed by atoms with Gasteiger partial charge in [0.1, 0.15) is 5.82 Å². The number of alkyl halides is 3. The van der Waals surface area contributed by atoms with Crippen molar-refractivity contribution in [1.29, 1.82) is 0 Å². The highest BCUT2D eigenvalue weighted by molar-refractivity contribution is 5.93. The molecule has 2 unspecified atom stereocenters. The number of nitrogens with zero attached hydrogens (tertiary/aromatic N) is 3. The molecule has 0 N–H and O–H groups in total. The second-order valence-corrected chi connectivity index (χ2v) is 6.86. The first-order chi connectivity index (χ1) is 12.3. The van der Waals surface area contributed by atoms with E-state index in [9.17, 15) is 18.0 Å². The summed E-state index contributed by atoms with van der Waals surface area (Å²) in [4.78, 5) is 20.3. The Morgan fingerprint density at radius 3 is 2.69 bits per heavy atom. The van der Waals surface area contributed by atoms with E-state index in [-0.39, 0.29) is 11.9 Å². The van der Waals surface area contributed by atoms with Crippen LogP contribution in [0.2, 0.25) is 0 Å². The van der Waals surface area contributed by atoms with E-state index in [2.05, 4.69) is 4.98 Å². The van der Waals surface area contributed by atoms with E-state index in [1.165, 1.54) is 12.3 Å². The van der Waals surface area contributed by atoms with E-state index in [1.807, 2.05) is 11.8 Å². The van der Waals surface area contributed by atoms with Crippen molar-refractivity contribution in [3.63, 3.8) is 0 Å². The summed E-state index contributed by atoms with van der Waals surface area (Å²) in [5.41, 5.74) is 0.0408. The first kappa shape index (κ1) is 16.9. The lowest BCUT2D eigenvalue weighted by Gasteiger charge is -2.53. The maximum Gasteiger partial charge on any atom is 0.417 e. The fraction of sp³-hybridized carbons (Fsp3) is 0.444. The summed E-state index contributed by atoms with van der Waals surface area (Å²) in [5.74, 6) is 1.16. The van der Waals surface area contributed by atoms with Crippen LogP contribution in [0.1, 0.15) is 28.1 Å². The first-order valence-electron chi connectivity index (χ1n) is 8.48. The summed E-state index contributed by atoms with van der Waals surface area (Å²) >= 11 is 0. The highest BCUT2D eigenvalue weighted by atomic mass is 19.4. The number of pyridine rings is 1. The van der Waals surface area contributed by atoms with Gasteiger partial charge in [-0.1, -0.05) is 0 Å². The Hall–Kier alpha value is -2.51. The normalized spacial score (nSPS) is 22.8. The summed E-state index contributed by atoms with van der Waals surface area (Å²) in [5, 5.41) is 0. The van der Waals surface area contributed by atoms with Crippen LogP contribution in [0.5, 0.6) is 0 Å².